The minimum absolute atomic E-state index is 0.0194. The second kappa shape index (κ2) is 8.71. The number of hydrogen-bond acceptors (Lipinski definition) is 3. The molecule has 0 heterocycles. The van der Waals surface area contributed by atoms with Crippen LogP contribution in [0.2, 0.25) is 5.02 Å². The number of aliphatic hydroxyl groups excluding tert-OH is 1. The lowest BCUT2D eigenvalue weighted by Crippen LogP contribution is -2.24. The van der Waals surface area contributed by atoms with Crippen molar-refractivity contribution in [2.45, 2.75) is 39.0 Å². The van der Waals surface area contributed by atoms with Crippen molar-refractivity contribution < 1.29 is 9.90 Å². The molecule has 5 heteroatoms. The minimum Gasteiger partial charge on any atom is -0.388 e. The predicted molar refractivity (Wildman–Crippen MR) is 98.1 cm³/mol. The Labute approximate surface area is 147 Å². The minimum atomic E-state index is -0.837. The molecule has 0 aliphatic carbocycles. The van der Waals surface area contributed by atoms with E-state index in [1.54, 1.807) is 24.3 Å². The van der Waals surface area contributed by atoms with Gasteiger partial charge in [-0.05, 0) is 49.2 Å². The molecule has 24 heavy (non-hydrogen) atoms. The summed E-state index contributed by atoms with van der Waals surface area (Å²) in [5, 5.41) is 16.9. The van der Waals surface area contributed by atoms with Gasteiger partial charge in [0.05, 0.1) is 12.5 Å². The lowest BCUT2D eigenvalue weighted by molar-refractivity contribution is -0.123. The number of benzene rings is 2. The summed E-state index contributed by atoms with van der Waals surface area (Å²) >= 11 is 5.82. The molecule has 1 amide bonds. The maximum Gasteiger partial charge on any atom is 0.223 e. The molecule has 0 fully saturated rings. The number of halogens is 1. The summed E-state index contributed by atoms with van der Waals surface area (Å²) in [5.74, 6) is -0.195. The predicted octanol–water partition coefficient (Wildman–Crippen LogP) is 3.90. The molecular weight excluding hydrogens is 324 g/mol. The Balaban J connectivity index is 1.85. The molecule has 0 aromatic heterocycles. The monoisotopic (exact) mass is 346 g/mol. The third kappa shape index (κ3) is 5.87. The summed E-state index contributed by atoms with van der Waals surface area (Å²) in [4.78, 5) is 12.0. The van der Waals surface area contributed by atoms with Gasteiger partial charge < -0.3 is 15.7 Å². The van der Waals surface area contributed by atoms with Crippen molar-refractivity contribution in [3.8, 4) is 0 Å². The van der Waals surface area contributed by atoms with Crippen molar-refractivity contribution in [3.63, 3.8) is 0 Å². The van der Waals surface area contributed by atoms with Crippen molar-refractivity contribution in [2.24, 2.45) is 0 Å². The van der Waals surface area contributed by atoms with Crippen molar-refractivity contribution in [1.29, 1.82) is 0 Å². The zero-order valence-corrected chi connectivity index (χ0v) is 14.7. The van der Waals surface area contributed by atoms with Crippen LogP contribution in [0.3, 0.4) is 0 Å². The van der Waals surface area contributed by atoms with Crippen LogP contribution < -0.4 is 10.6 Å². The smallest absolute Gasteiger partial charge is 0.223 e. The van der Waals surface area contributed by atoms with E-state index in [1.165, 1.54) is 0 Å². The quantitative estimate of drug-likeness (QED) is 0.712. The van der Waals surface area contributed by atoms with E-state index in [2.05, 4.69) is 24.5 Å². The molecule has 2 aromatic carbocycles. The highest BCUT2D eigenvalue weighted by molar-refractivity contribution is 6.30. The van der Waals surface area contributed by atoms with Crippen LogP contribution in [0.15, 0.2) is 48.5 Å². The van der Waals surface area contributed by atoms with E-state index >= 15 is 0 Å². The average Bonchev–Trinajstić information content (AvgIpc) is 2.53. The number of rotatable bonds is 7. The molecule has 2 rings (SSSR count). The van der Waals surface area contributed by atoms with Gasteiger partial charge in [-0.15, -0.1) is 0 Å². The molecule has 128 valence electrons. The van der Waals surface area contributed by atoms with E-state index in [-0.39, 0.29) is 12.3 Å². The normalized spacial score (nSPS) is 12.0. The van der Waals surface area contributed by atoms with Gasteiger partial charge in [0.2, 0.25) is 5.91 Å². The van der Waals surface area contributed by atoms with Crippen LogP contribution >= 0.6 is 11.6 Å². The van der Waals surface area contributed by atoms with Crippen LogP contribution in [0.5, 0.6) is 0 Å². The van der Waals surface area contributed by atoms with Crippen LogP contribution in [0.1, 0.15) is 37.5 Å². The Hall–Kier alpha value is -2.04. The maximum atomic E-state index is 12.0. The van der Waals surface area contributed by atoms with Gasteiger partial charge in [0.15, 0.2) is 0 Å². The first-order valence-electron chi connectivity index (χ1n) is 7.99. The van der Waals surface area contributed by atoms with E-state index < -0.39 is 6.10 Å². The number of amides is 1. The summed E-state index contributed by atoms with van der Waals surface area (Å²) in [5.41, 5.74) is 2.71. The van der Waals surface area contributed by atoms with Gasteiger partial charge in [-0.1, -0.05) is 35.9 Å². The lowest BCUT2D eigenvalue weighted by Gasteiger charge is -2.13. The molecule has 4 nitrogen and oxygen atoms in total. The second-order valence-corrected chi connectivity index (χ2v) is 6.48. The Bertz CT molecular complexity index is 671. The van der Waals surface area contributed by atoms with Gasteiger partial charge in [0.25, 0.3) is 0 Å². The Morgan fingerprint density at radius 1 is 1.17 bits per heavy atom. The lowest BCUT2D eigenvalue weighted by atomic mass is 10.1. The van der Waals surface area contributed by atoms with Gasteiger partial charge in [0.1, 0.15) is 0 Å². The molecule has 0 aliphatic heterocycles. The summed E-state index contributed by atoms with van der Waals surface area (Å²) < 4.78 is 0. The van der Waals surface area contributed by atoms with Crippen molar-refractivity contribution in [2.75, 3.05) is 5.32 Å². The summed E-state index contributed by atoms with van der Waals surface area (Å²) in [7, 11) is 0. The molecule has 1 atom stereocenters. The van der Waals surface area contributed by atoms with Gasteiger partial charge >= 0.3 is 0 Å². The van der Waals surface area contributed by atoms with E-state index in [0.717, 1.165) is 11.3 Å². The van der Waals surface area contributed by atoms with Crippen molar-refractivity contribution in [3.05, 3.63) is 64.7 Å². The van der Waals surface area contributed by atoms with Crippen LogP contribution in [0.4, 0.5) is 5.69 Å². The van der Waals surface area contributed by atoms with Gasteiger partial charge in [-0.2, -0.15) is 0 Å². The fourth-order valence-electron chi connectivity index (χ4n) is 2.36. The SMILES string of the molecule is CC(C)Nc1cccc(CNC(=O)CC(O)c2ccc(Cl)cc2)c1. The first-order valence-corrected chi connectivity index (χ1v) is 8.37. The van der Waals surface area contributed by atoms with Gasteiger partial charge in [-0.25, -0.2) is 0 Å². The first-order chi connectivity index (χ1) is 11.4. The highest BCUT2D eigenvalue weighted by Crippen LogP contribution is 2.19. The van der Waals surface area contributed by atoms with Crippen LogP contribution in [-0.2, 0) is 11.3 Å². The Kier molecular flexibility index (Phi) is 6.64. The Morgan fingerprint density at radius 3 is 2.54 bits per heavy atom. The largest absolute Gasteiger partial charge is 0.388 e. The number of carbonyl (C=O) groups is 1. The zero-order chi connectivity index (χ0) is 17.5. The summed E-state index contributed by atoms with van der Waals surface area (Å²) in [6.07, 6.45) is -0.817. The molecule has 0 spiro atoms. The first kappa shape index (κ1) is 18.3. The van der Waals surface area contributed by atoms with Crippen molar-refractivity contribution in [1.82, 2.24) is 5.32 Å². The summed E-state index contributed by atoms with van der Waals surface area (Å²) in [6, 6.07) is 15.1. The van der Waals surface area contributed by atoms with Gasteiger partial charge in [-0.3, -0.25) is 4.79 Å². The van der Waals surface area contributed by atoms with Gasteiger partial charge in [0, 0.05) is 23.3 Å². The van der Waals surface area contributed by atoms with E-state index in [9.17, 15) is 9.90 Å². The summed E-state index contributed by atoms with van der Waals surface area (Å²) in [6.45, 7) is 4.58. The molecule has 2 aromatic rings. The maximum absolute atomic E-state index is 12.0. The zero-order valence-electron chi connectivity index (χ0n) is 13.9. The highest BCUT2D eigenvalue weighted by Gasteiger charge is 2.12. The van der Waals surface area contributed by atoms with Crippen molar-refractivity contribution >= 4 is 23.2 Å². The van der Waals surface area contributed by atoms with Crippen LogP contribution in [0.25, 0.3) is 0 Å². The third-order valence-corrected chi connectivity index (χ3v) is 3.76. The molecule has 0 saturated carbocycles. The molecule has 0 radical (unpaired) electrons. The Morgan fingerprint density at radius 2 is 1.88 bits per heavy atom. The molecule has 1 unspecified atom stereocenters. The van der Waals surface area contributed by atoms with E-state index in [0.29, 0.717) is 23.2 Å². The number of aliphatic hydroxyl groups is 1. The molecule has 0 saturated heterocycles. The van der Waals surface area contributed by atoms with Crippen LogP contribution in [0, 0.1) is 0 Å². The second-order valence-electron chi connectivity index (χ2n) is 6.05. The molecular formula is C19H23ClN2O2. The fourth-order valence-corrected chi connectivity index (χ4v) is 2.48. The average molecular weight is 347 g/mol. The molecule has 0 bridgehead atoms. The molecule has 3 N–H and O–H groups in total. The third-order valence-electron chi connectivity index (χ3n) is 3.51. The van der Waals surface area contributed by atoms with E-state index in [4.69, 9.17) is 11.6 Å². The topological polar surface area (TPSA) is 61.4 Å². The number of carbonyl (C=O) groups excluding carboxylic acids is 1. The number of anilines is 1. The highest BCUT2D eigenvalue weighted by atomic mass is 35.5. The van der Waals surface area contributed by atoms with E-state index in [1.807, 2.05) is 24.3 Å². The van der Waals surface area contributed by atoms with Crippen LogP contribution in [-0.4, -0.2) is 17.1 Å². The standard InChI is InChI=1S/C19H23ClN2O2/c1-13(2)22-17-5-3-4-14(10-17)12-21-19(24)11-18(23)15-6-8-16(20)9-7-15/h3-10,13,18,22-23H,11-12H2,1-2H3,(H,21,24). The molecule has 0 aliphatic rings. The number of nitrogens with one attached hydrogen (secondary N) is 2. The number of hydrogen-bond donors (Lipinski definition) is 3. The fraction of sp³-hybridized carbons (Fsp3) is 0.316.